The molecule has 1 N–H and O–H groups in total. The zero-order valence-electron chi connectivity index (χ0n) is 16.8. The van der Waals surface area contributed by atoms with E-state index in [4.69, 9.17) is 4.74 Å². The van der Waals surface area contributed by atoms with E-state index in [2.05, 4.69) is 10.3 Å². The molecule has 1 aliphatic heterocycles. The number of benzene rings is 2. The predicted octanol–water partition coefficient (Wildman–Crippen LogP) is 2.83. The van der Waals surface area contributed by atoms with Gasteiger partial charge in [0, 0.05) is 32.3 Å². The van der Waals surface area contributed by atoms with Gasteiger partial charge in [-0.2, -0.15) is 0 Å². The minimum absolute atomic E-state index is 0.0887. The molecule has 7 heteroatoms. The molecule has 0 saturated carbocycles. The molecule has 0 fully saturated rings. The molecular formula is C23H24N4O3. The molecule has 2 amide bonds. The van der Waals surface area contributed by atoms with Crippen molar-refractivity contribution in [2.75, 3.05) is 18.1 Å². The van der Waals surface area contributed by atoms with Gasteiger partial charge in [-0.3, -0.25) is 9.59 Å². The fourth-order valence-corrected chi connectivity index (χ4v) is 3.61. The number of imidazole rings is 1. The molecule has 1 atom stereocenters. The molecular weight excluding hydrogens is 380 g/mol. The van der Waals surface area contributed by atoms with Crippen molar-refractivity contribution in [1.82, 2.24) is 14.9 Å². The van der Waals surface area contributed by atoms with Crippen LogP contribution < -0.4 is 15.0 Å². The van der Waals surface area contributed by atoms with Gasteiger partial charge in [0.05, 0.1) is 12.2 Å². The summed E-state index contributed by atoms with van der Waals surface area (Å²) in [4.78, 5) is 31.6. The fraction of sp³-hybridized carbons (Fsp3) is 0.261. The highest BCUT2D eigenvalue weighted by Gasteiger charge is 2.25. The standard InChI is InChI=1S/C23H24N4O3/c1-26-14-13-24-23(26)22(17-7-3-2-4-8-17)25-20(28)11-12-21(29)27-15-16-30-19-10-6-5-9-18(19)27/h2-10,13-14,22H,11-12,15-16H2,1H3,(H,25,28). The number of nitrogens with one attached hydrogen (secondary N) is 1. The van der Waals surface area contributed by atoms with E-state index >= 15 is 0 Å². The van der Waals surface area contributed by atoms with Crippen molar-refractivity contribution in [3.8, 4) is 5.75 Å². The lowest BCUT2D eigenvalue weighted by Crippen LogP contribution is -2.38. The van der Waals surface area contributed by atoms with E-state index in [1.54, 1.807) is 11.1 Å². The lowest BCUT2D eigenvalue weighted by molar-refractivity contribution is -0.125. The third-order valence-corrected chi connectivity index (χ3v) is 5.15. The number of hydrogen-bond acceptors (Lipinski definition) is 4. The van der Waals surface area contributed by atoms with Crippen LogP contribution in [0.5, 0.6) is 5.75 Å². The van der Waals surface area contributed by atoms with Gasteiger partial charge in [-0.05, 0) is 17.7 Å². The van der Waals surface area contributed by atoms with Gasteiger partial charge in [0.15, 0.2) is 0 Å². The number of carbonyl (C=O) groups is 2. The lowest BCUT2D eigenvalue weighted by atomic mass is 10.1. The van der Waals surface area contributed by atoms with Crippen LogP contribution in [-0.4, -0.2) is 34.5 Å². The highest BCUT2D eigenvalue weighted by Crippen LogP contribution is 2.31. The maximum Gasteiger partial charge on any atom is 0.227 e. The van der Waals surface area contributed by atoms with Gasteiger partial charge in [0.2, 0.25) is 11.8 Å². The first-order valence-corrected chi connectivity index (χ1v) is 9.97. The number of carbonyl (C=O) groups excluding carboxylic acids is 2. The van der Waals surface area contributed by atoms with Crippen LogP contribution in [0.25, 0.3) is 0 Å². The van der Waals surface area contributed by atoms with E-state index in [-0.39, 0.29) is 30.7 Å². The molecule has 3 aromatic rings. The molecule has 30 heavy (non-hydrogen) atoms. The van der Waals surface area contributed by atoms with E-state index in [0.717, 1.165) is 17.1 Å². The molecule has 1 aromatic heterocycles. The number of para-hydroxylation sites is 2. The Kier molecular flexibility index (Phi) is 5.79. The second kappa shape index (κ2) is 8.82. The van der Waals surface area contributed by atoms with Crippen molar-refractivity contribution in [1.29, 1.82) is 0 Å². The summed E-state index contributed by atoms with van der Waals surface area (Å²) in [5.74, 6) is 1.15. The first-order chi connectivity index (χ1) is 14.6. The van der Waals surface area contributed by atoms with Gasteiger partial charge >= 0.3 is 0 Å². The summed E-state index contributed by atoms with van der Waals surface area (Å²) in [6.45, 7) is 0.932. The molecule has 2 aromatic carbocycles. The minimum atomic E-state index is -0.377. The number of amides is 2. The summed E-state index contributed by atoms with van der Waals surface area (Å²) in [7, 11) is 1.89. The highest BCUT2D eigenvalue weighted by molar-refractivity contribution is 5.97. The molecule has 1 unspecified atom stereocenters. The van der Waals surface area contributed by atoms with E-state index in [1.807, 2.05) is 72.4 Å². The van der Waals surface area contributed by atoms with Crippen molar-refractivity contribution in [2.45, 2.75) is 18.9 Å². The maximum absolute atomic E-state index is 12.8. The molecule has 7 nitrogen and oxygen atoms in total. The monoisotopic (exact) mass is 404 g/mol. The molecule has 2 heterocycles. The van der Waals surface area contributed by atoms with E-state index < -0.39 is 0 Å². The fourth-order valence-electron chi connectivity index (χ4n) is 3.61. The van der Waals surface area contributed by atoms with Gasteiger partial charge in [-0.1, -0.05) is 42.5 Å². The second-order valence-corrected chi connectivity index (χ2v) is 7.17. The van der Waals surface area contributed by atoms with Crippen molar-refractivity contribution in [3.05, 3.63) is 78.4 Å². The zero-order valence-corrected chi connectivity index (χ0v) is 16.8. The number of aryl methyl sites for hydroxylation is 1. The molecule has 154 valence electrons. The Morgan fingerprint density at radius 3 is 2.63 bits per heavy atom. The van der Waals surface area contributed by atoms with Gasteiger partial charge in [-0.15, -0.1) is 0 Å². The molecule has 4 rings (SSSR count). The Morgan fingerprint density at radius 1 is 1.10 bits per heavy atom. The van der Waals surface area contributed by atoms with E-state index in [1.165, 1.54) is 0 Å². The van der Waals surface area contributed by atoms with Crippen molar-refractivity contribution >= 4 is 17.5 Å². The van der Waals surface area contributed by atoms with Crippen LogP contribution >= 0.6 is 0 Å². The van der Waals surface area contributed by atoms with Crippen molar-refractivity contribution in [3.63, 3.8) is 0 Å². The topological polar surface area (TPSA) is 76.5 Å². The molecule has 0 radical (unpaired) electrons. The Labute approximate surface area is 175 Å². The summed E-state index contributed by atoms with van der Waals surface area (Å²) in [6, 6.07) is 16.8. The normalized spacial score (nSPS) is 13.8. The van der Waals surface area contributed by atoms with Gasteiger partial charge in [-0.25, -0.2) is 4.98 Å². The quantitative estimate of drug-likeness (QED) is 0.685. The number of hydrogen-bond donors (Lipinski definition) is 1. The Hall–Kier alpha value is -3.61. The Bertz CT molecular complexity index is 1030. The van der Waals surface area contributed by atoms with Crippen molar-refractivity contribution in [2.24, 2.45) is 7.05 Å². The highest BCUT2D eigenvalue weighted by atomic mass is 16.5. The SMILES string of the molecule is Cn1ccnc1C(NC(=O)CCC(=O)N1CCOc2ccccc21)c1ccccc1. The van der Waals surface area contributed by atoms with Crippen LogP contribution in [0.2, 0.25) is 0 Å². The predicted molar refractivity (Wildman–Crippen MR) is 113 cm³/mol. The van der Waals surface area contributed by atoms with Crippen molar-refractivity contribution < 1.29 is 14.3 Å². The van der Waals surface area contributed by atoms with Crippen LogP contribution in [0.3, 0.4) is 0 Å². The third-order valence-electron chi connectivity index (χ3n) is 5.15. The number of nitrogens with zero attached hydrogens (tertiary/aromatic N) is 3. The van der Waals surface area contributed by atoms with Crippen LogP contribution in [0.1, 0.15) is 30.3 Å². The van der Waals surface area contributed by atoms with Crippen LogP contribution in [0, 0.1) is 0 Å². The average Bonchev–Trinajstić information content (AvgIpc) is 3.21. The largest absolute Gasteiger partial charge is 0.490 e. The summed E-state index contributed by atoms with van der Waals surface area (Å²) in [5.41, 5.74) is 1.69. The number of aromatic nitrogens is 2. The van der Waals surface area contributed by atoms with Gasteiger partial charge in [0.25, 0.3) is 0 Å². The third kappa shape index (κ3) is 4.20. The summed E-state index contributed by atoms with van der Waals surface area (Å²) in [6.07, 6.45) is 3.78. The van der Waals surface area contributed by atoms with Gasteiger partial charge < -0.3 is 19.5 Å². The van der Waals surface area contributed by atoms with Crippen LogP contribution in [0.15, 0.2) is 67.0 Å². The summed E-state index contributed by atoms with van der Waals surface area (Å²) in [5, 5.41) is 3.04. The molecule has 0 spiro atoms. The Balaban J connectivity index is 1.42. The summed E-state index contributed by atoms with van der Waals surface area (Å²) < 4.78 is 7.48. The first kappa shape index (κ1) is 19.7. The molecule has 0 aliphatic carbocycles. The minimum Gasteiger partial charge on any atom is -0.490 e. The number of anilines is 1. The lowest BCUT2D eigenvalue weighted by Gasteiger charge is -2.29. The van der Waals surface area contributed by atoms with E-state index in [9.17, 15) is 9.59 Å². The molecule has 0 bridgehead atoms. The van der Waals surface area contributed by atoms with Gasteiger partial charge in [0.1, 0.15) is 24.2 Å². The first-order valence-electron chi connectivity index (χ1n) is 9.97. The number of fused-ring (bicyclic) bond motifs is 1. The van der Waals surface area contributed by atoms with Crippen LogP contribution in [0.4, 0.5) is 5.69 Å². The summed E-state index contributed by atoms with van der Waals surface area (Å²) >= 11 is 0. The molecule has 0 saturated heterocycles. The maximum atomic E-state index is 12.8. The molecule has 1 aliphatic rings. The van der Waals surface area contributed by atoms with Crippen LogP contribution in [-0.2, 0) is 16.6 Å². The second-order valence-electron chi connectivity index (χ2n) is 7.17. The smallest absolute Gasteiger partial charge is 0.227 e. The average molecular weight is 404 g/mol. The Morgan fingerprint density at radius 2 is 1.87 bits per heavy atom. The van der Waals surface area contributed by atoms with E-state index in [0.29, 0.717) is 18.9 Å². The number of ether oxygens (including phenoxy) is 1. The number of rotatable bonds is 6. The zero-order chi connectivity index (χ0) is 20.9.